The van der Waals surface area contributed by atoms with E-state index in [0.717, 1.165) is 39.8 Å². The molecule has 2 aromatic carbocycles. The van der Waals surface area contributed by atoms with Crippen molar-refractivity contribution >= 4 is 28.8 Å². The van der Waals surface area contributed by atoms with Crippen molar-refractivity contribution in [3.05, 3.63) is 58.2 Å². The Balaban J connectivity index is 2.14. The third-order valence-electron chi connectivity index (χ3n) is 4.17. The van der Waals surface area contributed by atoms with E-state index in [-0.39, 0.29) is 0 Å². The van der Waals surface area contributed by atoms with E-state index in [4.69, 9.17) is 21.1 Å². The number of hydrogen-bond acceptors (Lipinski definition) is 3. The second-order valence-corrected chi connectivity index (χ2v) is 5.95. The van der Waals surface area contributed by atoms with Gasteiger partial charge in [-0.1, -0.05) is 23.7 Å². The van der Waals surface area contributed by atoms with Gasteiger partial charge in [0.05, 0.1) is 25.3 Å². The molecule has 0 spiro atoms. The van der Waals surface area contributed by atoms with E-state index in [1.165, 1.54) is 0 Å². The van der Waals surface area contributed by atoms with Gasteiger partial charge in [-0.25, -0.2) is 0 Å². The number of methoxy groups -OCH3 is 2. The van der Waals surface area contributed by atoms with Crippen LogP contribution in [0.15, 0.2) is 36.4 Å². The molecule has 3 rings (SSSR count). The zero-order valence-corrected chi connectivity index (χ0v) is 14.6. The molecule has 0 fully saturated rings. The maximum Gasteiger partial charge on any atom is 0.153 e. The number of ether oxygens (including phenoxy) is 2. The van der Waals surface area contributed by atoms with Crippen LogP contribution in [0.2, 0.25) is 5.15 Å². The van der Waals surface area contributed by atoms with Gasteiger partial charge in [0.15, 0.2) is 6.29 Å². The summed E-state index contributed by atoms with van der Waals surface area (Å²) >= 11 is 6.47. The van der Waals surface area contributed by atoms with Crippen molar-refractivity contribution in [2.75, 3.05) is 14.2 Å². The van der Waals surface area contributed by atoms with Crippen LogP contribution in [0, 0.1) is 6.92 Å². The van der Waals surface area contributed by atoms with Crippen molar-refractivity contribution in [2.45, 2.75) is 13.5 Å². The zero-order chi connectivity index (χ0) is 17.3. The Bertz CT molecular complexity index is 897. The molecule has 0 aliphatic carbocycles. The minimum atomic E-state index is 0.434. The number of carbonyl (C=O) groups excluding carboxylic acids is 1. The Hall–Kier alpha value is -2.46. The second-order valence-electron chi connectivity index (χ2n) is 5.60. The second kappa shape index (κ2) is 6.57. The van der Waals surface area contributed by atoms with Gasteiger partial charge in [0, 0.05) is 11.9 Å². The predicted molar refractivity (Wildman–Crippen MR) is 95.7 cm³/mol. The molecule has 0 radical (unpaired) electrons. The number of aldehydes is 1. The van der Waals surface area contributed by atoms with Gasteiger partial charge in [-0.3, -0.25) is 4.79 Å². The number of aromatic nitrogens is 1. The van der Waals surface area contributed by atoms with Gasteiger partial charge in [-0.05, 0) is 42.3 Å². The topological polar surface area (TPSA) is 40.5 Å². The molecule has 24 heavy (non-hydrogen) atoms. The minimum Gasteiger partial charge on any atom is -0.497 e. The summed E-state index contributed by atoms with van der Waals surface area (Å²) in [5, 5.41) is 1.23. The van der Waals surface area contributed by atoms with Crippen LogP contribution >= 0.6 is 11.6 Å². The summed E-state index contributed by atoms with van der Waals surface area (Å²) in [5.74, 6) is 1.54. The average molecular weight is 344 g/mol. The molecule has 0 unspecified atom stereocenters. The highest BCUT2D eigenvalue weighted by Crippen LogP contribution is 2.34. The van der Waals surface area contributed by atoms with E-state index in [0.29, 0.717) is 17.3 Å². The SMILES string of the molecule is COc1ccc(Cn2c(Cl)c(C=O)c3cc(OC)c(C)cc32)cc1. The lowest BCUT2D eigenvalue weighted by Crippen LogP contribution is -2.00. The lowest BCUT2D eigenvalue weighted by Gasteiger charge is -2.10. The number of aryl methyl sites for hydroxylation is 1. The van der Waals surface area contributed by atoms with E-state index < -0.39 is 0 Å². The lowest BCUT2D eigenvalue weighted by atomic mass is 10.1. The van der Waals surface area contributed by atoms with Crippen molar-refractivity contribution < 1.29 is 14.3 Å². The van der Waals surface area contributed by atoms with Crippen molar-refractivity contribution in [3.63, 3.8) is 0 Å². The molecule has 0 aliphatic heterocycles. The molecular formula is C19H18ClNO3. The Morgan fingerprint density at radius 3 is 2.42 bits per heavy atom. The van der Waals surface area contributed by atoms with Crippen LogP contribution in [0.1, 0.15) is 21.5 Å². The van der Waals surface area contributed by atoms with Crippen molar-refractivity contribution in [1.82, 2.24) is 4.57 Å². The fourth-order valence-electron chi connectivity index (χ4n) is 2.87. The molecule has 4 nitrogen and oxygen atoms in total. The first-order chi connectivity index (χ1) is 11.6. The molecule has 0 bridgehead atoms. The van der Waals surface area contributed by atoms with Crippen LogP contribution in [-0.4, -0.2) is 25.1 Å². The molecule has 0 atom stereocenters. The highest BCUT2D eigenvalue weighted by molar-refractivity contribution is 6.34. The maximum atomic E-state index is 11.5. The molecule has 124 valence electrons. The monoisotopic (exact) mass is 343 g/mol. The number of halogens is 1. The van der Waals surface area contributed by atoms with E-state index in [1.807, 2.05) is 47.9 Å². The van der Waals surface area contributed by atoms with Crippen LogP contribution in [0.3, 0.4) is 0 Å². The first-order valence-corrected chi connectivity index (χ1v) is 7.91. The van der Waals surface area contributed by atoms with Crippen molar-refractivity contribution in [3.8, 4) is 11.5 Å². The smallest absolute Gasteiger partial charge is 0.153 e. The highest BCUT2D eigenvalue weighted by atomic mass is 35.5. The largest absolute Gasteiger partial charge is 0.497 e. The summed E-state index contributed by atoms with van der Waals surface area (Å²) < 4.78 is 12.5. The molecule has 0 aliphatic rings. The normalized spacial score (nSPS) is 10.8. The number of hydrogen-bond donors (Lipinski definition) is 0. The van der Waals surface area contributed by atoms with Crippen molar-refractivity contribution in [1.29, 1.82) is 0 Å². The number of benzene rings is 2. The molecular weight excluding hydrogens is 326 g/mol. The van der Waals surface area contributed by atoms with E-state index >= 15 is 0 Å². The lowest BCUT2D eigenvalue weighted by molar-refractivity contribution is 0.112. The van der Waals surface area contributed by atoms with Gasteiger partial charge >= 0.3 is 0 Å². The summed E-state index contributed by atoms with van der Waals surface area (Å²) in [6.07, 6.45) is 0.796. The molecule has 3 aromatic rings. The Labute approximate surface area is 145 Å². The highest BCUT2D eigenvalue weighted by Gasteiger charge is 2.17. The first-order valence-electron chi connectivity index (χ1n) is 7.53. The number of nitrogens with zero attached hydrogens (tertiary/aromatic N) is 1. The maximum absolute atomic E-state index is 11.5. The molecule has 0 amide bonds. The summed E-state index contributed by atoms with van der Waals surface area (Å²) in [6, 6.07) is 11.6. The van der Waals surface area contributed by atoms with Crippen LogP contribution in [-0.2, 0) is 6.54 Å². The Morgan fingerprint density at radius 1 is 1.12 bits per heavy atom. The first kappa shape index (κ1) is 16.4. The molecule has 1 heterocycles. The minimum absolute atomic E-state index is 0.434. The van der Waals surface area contributed by atoms with Gasteiger partial charge in [0.1, 0.15) is 16.7 Å². The number of carbonyl (C=O) groups is 1. The number of fused-ring (bicyclic) bond motifs is 1. The molecule has 0 saturated heterocycles. The van der Waals surface area contributed by atoms with Crippen LogP contribution < -0.4 is 9.47 Å². The molecule has 1 aromatic heterocycles. The summed E-state index contributed by atoms with van der Waals surface area (Å²) in [4.78, 5) is 11.5. The van der Waals surface area contributed by atoms with Gasteiger partial charge in [-0.2, -0.15) is 0 Å². The summed E-state index contributed by atoms with van der Waals surface area (Å²) in [6.45, 7) is 2.54. The standard InChI is InChI=1S/C19H18ClNO3/c1-12-8-17-15(9-18(12)24-3)16(11-22)19(20)21(17)10-13-4-6-14(23-2)7-5-13/h4-9,11H,10H2,1-3H3. The van der Waals surface area contributed by atoms with Crippen LogP contribution in [0.5, 0.6) is 11.5 Å². The summed E-state index contributed by atoms with van der Waals surface area (Å²) in [5.41, 5.74) is 3.46. The zero-order valence-electron chi connectivity index (χ0n) is 13.8. The third-order valence-corrected chi connectivity index (χ3v) is 4.58. The van der Waals surface area contributed by atoms with E-state index in [2.05, 4.69) is 0 Å². The Morgan fingerprint density at radius 2 is 1.83 bits per heavy atom. The Kier molecular flexibility index (Phi) is 4.49. The quantitative estimate of drug-likeness (QED) is 0.641. The van der Waals surface area contributed by atoms with Crippen molar-refractivity contribution in [2.24, 2.45) is 0 Å². The summed E-state index contributed by atoms with van der Waals surface area (Å²) in [7, 11) is 3.25. The van der Waals surface area contributed by atoms with E-state index in [9.17, 15) is 4.79 Å². The van der Waals surface area contributed by atoms with Gasteiger partial charge in [0.2, 0.25) is 0 Å². The molecule has 0 saturated carbocycles. The van der Waals surface area contributed by atoms with Crippen LogP contribution in [0.25, 0.3) is 10.9 Å². The molecule has 0 N–H and O–H groups in total. The van der Waals surface area contributed by atoms with Gasteiger partial charge in [0.25, 0.3) is 0 Å². The molecule has 5 heteroatoms. The van der Waals surface area contributed by atoms with Gasteiger partial charge < -0.3 is 14.0 Å². The fraction of sp³-hybridized carbons (Fsp3) is 0.211. The van der Waals surface area contributed by atoms with Gasteiger partial charge in [-0.15, -0.1) is 0 Å². The number of rotatable bonds is 5. The van der Waals surface area contributed by atoms with Crippen LogP contribution in [0.4, 0.5) is 0 Å². The van der Waals surface area contributed by atoms with E-state index in [1.54, 1.807) is 14.2 Å². The average Bonchev–Trinajstić information content (AvgIpc) is 2.85. The fourth-order valence-corrected chi connectivity index (χ4v) is 3.17. The third kappa shape index (κ3) is 2.74. The predicted octanol–water partition coefficient (Wildman–Crippen LogP) is 4.48.